The minimum atomic E-state index is -1.06. The Labute approximate surface area is 142 Å². The van der Waals surface area contributed by atoms with Gasteiger partial charge >= 0.3 is 63.3 Å². The van der Waals surface area contributed by atoms with Crippen LogP contribution in [0.4, 0.5) is 0 Å². The van der Waals surface area contributed by atoms with Gasteiger partial charge in [0, 0.05) is 5.75 Å². The molecule has 0 atom stereocenters. The molecule has 0 bridgehead atoms. The molecule has 1 N–H and O–H groups in total. The zero-order chi connectivity index (χ0) is 11.3. The van der Waals surface area contributed by atoms with E-state index in [4.69, 9.17) is 9.29 Å². The fourth-order valence-corrected chi connectivity index (χ4v) is 1.26. The maximum atomic E-state index is 11.3. The van der Waals surface area contributed by atoms with Gasteiger partial charge in [0.2, 0.25) is 0 Å². The summed E-state index contributed by atoms with van der Waals surface area (Å²) in [7, 11) is 0. The van der Waals surface area contributed by atoms with E-state index in [0.717, 1.165) is 12.0 Å². The van der Waals surface area contributed by atoms with Crippen molar-refractivity contribution in [3.63, 3.8) is 0 Å². The van der Waals surface area contributed by atoms with E-state index in [1.807, 2.05) is 6.92 Å². The largest absolute Gasteiger partial charge is 1.00 e. The average Bonchev–Trinajstić information content (AvgIpc) is 2.26. The second kappa shape index (κ2) is 8.27. The quantitative estimate of drug-likeness (QED) is 0.578. The van der Waals surface area contributed by atoms with Crippen molar-refractivity contribution >= 4 is 24.0 Å². The van der Waals surface area contributed by atoms with E-state index in [1.165, 1.54) is 24.3 Å². The molecule has 0 radical (unpaired) electrons. The molecular formula is C10H11KO4S. The number of carboxylic acid groups (broad SMARTS) is 1. The number of benzene rings is 1. The van der Waals surface area contributed by atoms with Crippen LogP contribution in [0.15, 0.2) is 24.3 Å². The van der Waals surface area contributed by atoms with Crippen LogP contribution in [0.25, 0.3) is 0 Å². The number of carboxylic acids is 1. The van der Waals surface area contributed by atoms with Crippen LogP contribution in [0.5, 0.6) is 0 Å². The molecule has 0 spiro atoms. The van der Waals surface area contributed by atoms with Crippen molar-refractivity contribution in [2.75, 3.05) is 5.75 Å². The number of rotatable bonds is 4. The summed E-state index contributed by atoms with van der Waals surface area (Å²) < 4.78 is 4.80. The topological polar surface area (TPSA) is 63.6 Å². The Morgan fingerprint density at radius 2 is 2.06 bits per heavy atom. The Balaban J connectivity index is 0. The van der Waals surface area contributed by atoms with Crippen molar-refractivity contribution in [2.45, 2.75) is 6.92 Å². The van der Waals surface area contributed by atoms with Crippen LogP contribution in [0.2, 0.25) is 0 Å². The first kappa shape index (κ1) is 16.1. The standard InChI is InChI=1S/C10H10O4S.K.H/c1-2-15-14-10(13)8-5-3-4-7(6-8)9(11)12;;/h3-6H,2H2,1H3,(H,11,12);;/q;+1;-1. The molecule has 16 heavy (non-hydrogen) atoms. The normalized spacial score (nSPS) is 9.06. The molecule has 1 aromatic rings. The summed E-state index contributed by atoms with van der Waals surface area (Å²) in [5.74, 6) is -0.928. The van der Waals surface area contributed by atoms with Crippen molar-refractivity contribution in [1.29, 1.82) is 0 Å². The second-order valence-electron chi connectivity index (χ2n) is 2.66. The fourth-order valence-electron chi connectivity index (χ4n) is 0.940. The Kier molecular flexibility index (Phi) is 8.34. The number of hydrogen-bond acceptors (Lipinski definition) is 4. The maximum absolute atomic E-state index is 11.3. The number of aromatic carboxylic acids is 1. The minimum Gasteiger partial charge on any atom is -1.00 e. The summed E-state index contributed by atoms with van der Waals surface area (Å²) in [6.45, 7) is 1.85. The molecule has 0 saturated heterocycles. The van der Waals surface area contributed by atoms with Gasteiger partial charge in [0.05, 0.1) is 23.2 Å². The van der Waals surface area contributed by atoms with Gasteiger partial charge in [-0.2, -0.15) is 0 Å². The van der Waals surface area contributed by atoms with Gasteiger partial charge in [-0.15, -0.1) is 0 Å². The van der Waals surface area contributed by atoms with Gasteiger partial charge in [0.15, 0.2) is 0 Å². The van der Waals surface area contributed by atoms with Gasteiger partial charge in [-0.3, -0.25) is 0 Å². The Bertz CT molecular complexity index is 386. The van der Waals surface area contributed by atoms with E-state index in [-0.39, 0.29) is 63.9 Å². The molecule has 0 aliphatic rings. The van der Waals surface area contributed by atoms with Crippen LogP contribution in [-0.2, 0) is 4.18 Å². The third-order valence-corrected chi connectivity index (χ3v) is 2.10. The van der Waals surface area contributed by atoms with Crippen molar-refractivity contribution < 1.29 is 71.7 Å². The van der Waals surface area contributed by atoms with E-state index in [2.05, 4.69) is 0 Å². The Hall–Kier alpha value is 0.146. The zero-order valence-electron chi connectivity index (χ0n) is 10.1. The Morgan fingerprint density at radius 3 is 2.62 bits per heavy atom. The molecule has 0 fully saturated rings. The Morgan fingerprint density at radius 1 is 1.44 bits per heavy atom. The molecule has 4 nitrogen and oxygen atoms in total. The van der Waals surface area contributed by atoms with Crippen LogP contribution in [0.1, 0.15) is 29.1 Å². The summed E-state index contributed by atoms with van der Waals surface area (Å²) in [6, 6.07) is 5.74. The number of carbonyl (C=O) groups is 2. The fraction of sp³-hybridized carbons (Fsp3) is 0.200. The number of hydrogen-bond donors (Lipinski definition) is 1. The smallest absolute Gasteiger partial charge is 1.00 e. The third-order valence-electron chi connectivity index (χ3n) is 1.60. The van der Waals surface area contributed by atoms with Crippen molar-refractivity contribution in [3.8, 4) is 0 Å². The van der Waals surface area contributed by atoms with Gasteiger partial charge in [0.25, 0.3) is 0 Å². The predicted octanol–water partition coefficient (Wildman–Crippen LogP) is -0.674. The van der Waals surface area contributed by atoms with Gasteiger partial charge in [0.1, 0.15) is 0 Å². The van der Waals surface area contributed by atoms with Crippen LogP contribution in [0, 0.1) is 0 Å². The van der Waals surface area contributed by atoms with E-state index < -0.39 is 11.9 Å². The molecule has 0 unspecified atom stereocenters. The summed E-state index contributed by atoms with van der Waals surface area (Å²) >= 11 is 1.03. The molecule has 1 aromatic carbocycles. The predicted molar refractivity (Wildman–Crippen MR) is 58.1 cm³/mol. The molecule has 82 valence electrons. The molecule has 0 amide bonds. The molecule has 0 aliphatic heterocycles. The van der Waals surface area contributed by atoms with Crippen LogP contribution in [-0.4, -0.2) is 22.8 Å². The monoisotopic (exact) mass is 266 g/mol. The summed E-state index contributed by atoms with van der Waals surface area (Å²) in [5.41, 5.74) is 0.321. The first-order valence-corrected chi connectivity index (χ1v) is 5.23. The average molecular weight is 266 g/mol. The molecule has 0 heterocycles. The van der Waals surface area contributed by atoms with Crippen molar-refractivity contribution in [1.82, 2.24) is 0 Å². The van der Waals surface area contributed by atoms with E-state index in [9.17, 15) is 9.59 Å². The van der Waals surface area contributed by atoms with Crippen LogP contribution >= 0.6 is 12.0 Å². The van der Waals surface area contributed by atoms with Crippen LogP contribution < -0.4 is 51.4 Å². The van der Waals surface area contributed by atoms with Crippen molar-refractivity contribution in [2.24, 2.45) is 0 Å². The molecule has 0 aromatic heterocycles. The first-order chi connectivity index (χ1) is 7.15. The number of carbonyl (C=O) groups excluding carboxylic acids is 1. The SMILES string of the molecule is CCSOC(=O)c1cccc(C(=O)O)c1.[H-].[K+]. The molecule has 1 rings (SSSR count). The minimum absolute atomic E-state index is 0. The second-order valence-corrected chi connectivity index (χ2v) is 3.64. The van der Waals surface area contributed by atoms with E-state index in [0.29, 0.717) is 5.75 Å². The van der Waals surface area contributed by atoms with Gasteiger partial charge in [-0.1, -0.05) is 13.0 Å². The molecule has 0 aliphatic carbocycles. The van der Waals surface area contributed by atoms with Gasteiger partial charge < -0.3 is 10.7 Å². The van der Waals surface area contributed by atoms with Crippen molar-refractivity contribution in [3.05, 3.63) is 35.4 Å². The van der Waals surface area contributed by atoms with E-state index >= 15 is 0 Å². The summed E-state index contributed by atoms with van der Waals surface area (Å²) in [5, 5.41) is 8.71. The third kappa shape index (κ3) is 4.98. The van der Waals surface area contributed by atoms with Crippen LogP contribution in [0.3, 0.4) is 0 Å². The molecule has 0 saturated carbocycles. The van der Waals surface area contributed by atoms with E-state index in [1.54, 1.807) is 0 Å². The van der Waals surface area contributed by atoms with Gasteiger partial charge in [-0.05, 0) is 18.2 Å². The summed E-state index contributed by atoms with van der Waals surface area (Å²) in [4.78, 5) is 22.0. The summed E-state index contributed by atoms with van der Waals surface area (Å²) in [6.07, 6.45) is 0. The molecule has 6 heteroatoms. The maximum Gasteiger partial charge on any atom is 1.00 e. The first-order valence-electron chi connectivity index (χ1n) is 4.32. The van der Waals surface area contributed by atoms with Gasteiger partial charge in [-0.25, -0.2) is 9.59 Å². The molecular weight excluding hydrogens is 255 g/mol. The zero-order valence-corrected chi connectivity index (χ0v) is 13.0.